The molecule has 2 N–H and O–H groups in total. The second kappa shape index (κ2) is 10.1. The molecular weight excluding hydrogens is 402 g/mol. The molecule has 6 nitrogen and oxygen atoms in total. The van der Waals surface area contributed by atoms with Crippen LogP contribution in [0.25, 0.3) is 0 Å². The number of aryl methyl sites for hydroxylation is 1. The molecule has 168 valence electrons. The summed E-state index contributed by atoms with van der Waals surface area (Å²) in [5.41, 5.74) is 3.04. The summed E-state index contributed by atoms with van der Waals surface area (Å²) in [7, 11) is 0. The van der Waals surface area contributed by atoms with Crippen molar-refractivity contribution in [2.24, 2.45) is 0 Å². The molecule has 3 aromatic rings. The average molecular weight is 434 g/mol. The summed E-state index contributed by atoms with van der Waals surface area (Å²) in [4.78, 5) is 18.3. The van der Waals surface area contributed by atoms with Crippen molar-refractivity contribution in [2.45, 2.75) is 19.5 Å². The van der Waals surface area contributed by atoms with Crippen molar-refractivity contribution in [1.29, 1.82) is 0 Å². The first-order valence-electron chi connectivity index (χ1n) is 11.2. The predicted molar refractivity (Wildman–Crippen MR) is 126 cm³/mol. The Balaban J connectivity index is 1.76. The van der Waals surface area contributed by atoms with E-state index >= 15 is 0 Å². The molecule has 1 aromatic heterocycles. The van der Waals surface area contributed by atoms with Crippen molar-refractivity contribution in [2.75, 3.05) is 39.3 Å². The summed E-state index contributed by atoms with van der Waals surface area (Å²) in [6, 6.07) is 21.2. The van der Waals surface area contributed by atoms with Gasteiger partial charge in [-0.1, -0.05) is 60.7 Å². The second-order valence-corrected chi connectivity index (χ2v) is 8.38. The van der Waals surface area contributed by atoms with Crippen LogP contribution >= 0.6 is 0 Å². The van der Waals surface area contributed by atoms with Gasteiger partial charge in [-0.3, -0.25) is 14.6 Å². The molecule has 0 aliphatic carbocycles. The van der Waals surface area contributed by atoms with E-state index in [0.717, 1.165) is 43.0 Å². The lowest BCUT2D eigenvalue weighted by Gasteiger charge is -2.39. The van der Waals surface area contributed by atoms with E-state index in [1.165, 1.54) is 0 Å². The number of nitrogens with zero attached hydrogens (tertiary/aromatic N) is 3. The predicted octanol–water partition coefficient (Wildman–Crippen LogP) is 2.61. The number of piperazine rings is 1. The van der Waals surface area contributed by atoms with Crippen molar-refractivity contribution in [3.8, 4) is 5.75 Å². The van der Waals surface area contributed by atoms with Crippen LogP contribution in [0.3, 0.4) is 0 Å². The van der Waals surface area contributed by atoms with Crippen LogP contribution in [0.2, 0.25) is 0 Å². The summed E-state index contributed by atoms with van der Waals surface area (Å²) >= 11 is 0. The fourth-order valence-corrected chi connectivity index (χ4v) is 4.57. The van der Waals surface area contributed by atoms with Gasteiger partial charge in [-0.15, -0.1) is 0 Å². The Morgan fingerprint density at radius 3 is 2.19 bits per heavy atom. The Morgan fingerprint density at radius 2 is 1.56 bits per heavy atom. The van der Waals surface area contributed by atoms with Gasteiger partial charge in [0.2, 0.25) is 0 Å². The molecule has 0 radical (unpaired) electrons. The van der Waals surface area contributed by atoms with E-state index in [9.17, 15) is 15.0 Å². The lowest BCUT2D eigenvalue weighted by Crippen LogP contribution is -2.49. The average Bonchev–Trinajstić information content (AvgIpc) is 2.81. The zero-order valence-electron chi connectivity index (χ0n) is 18.5. The number of hydrogen-bond donors (Lipinski definition) is 2. The van der Waals surface area contributed by atoms with Crippen molar-refractivity contribution >= 4 is 0 Å². The molecule has 2 heterocycles. The largest absolute Gasteiger partial charge is 0.507 e. The molecule has 1 atom stereocenters. The van der Waals surface area contributed by atoms with E-state index in [0.29, 0.717) is 18.7 Å². The summed E-state index contributed by atoms with van der Waals surface area (Å²) in [5.74, 6) is 0.0449. The highest BCUT2D eigenvalue weighted by Crippen LogP contribution is 2.33. The molecule has 1 unspecified atom stereocenters. The smallest absolute Gasteiger partial charge is 0.259 e. The van der Waals surface area contributed by atoms with Gasteiger partial charge in [-0.25, -0.2) is 0 Å². The summed E-state index contributed by atoms with van der Waals surface area (Å²) in [5, 5.41) is 20.2. The van der Waals surface area contributed by atoms with E-state index in [4.69, 9.17) is 0 Å². The van der Waals surface area contributed by atoms with Crippen LogP contribution in [-0.2, 0) is 6.54 Å². The van der Waals surface area contributed by atoms with Gasteiger partial charge < -0.3 is 14.8 Å². The SMILES string of the molecule is Cc1cc(O)c(C(c2ccccc2)N2CCN(CCO)CC2)c(=O)n1Cc1ccccc1. The van der Waals surface area contributed by atoms with Gasteiger partial charge in [0.25, 0.3) is 5.56 Å². The molecule has 4 rings (SSSR count). The Labute approximate surface area is 189 Å². The maximum absolute atomic E-state index is 13.8. The standard InChI is InChI=1S/C26H31N3O3/c1-20-18-23(31)24(26(32)29(20)19-21-8-4-2-5-9-21)25(22-10-6-3-7-11-22)28-14-12-27(13-15-28)16-17-30/h2-11,18,25,30-31H,12-17,19H2,1H3. The number of rotatable bonds is 7. The van der Waals surface area contributed by atoms with Crippen molar-refractivity contribution < 1.29 is 10.2 Å². The molecule has 0 amide bonds. The van der Waals surface area contributed by atoms with Crippen LogP contribution in [0.15, 0.2) is 71.5 Å². The molecule has 1 fully saturated rings. The first-order valence-corrected chi connectivity index (χ1v) is 11.2. The fraction of sp³-hybridized carbons (Fsp3) is 0.346. The first kappa shape index (κ1) is 22.3. The maximum atomic E-state index is 13.8. The van der Waals surface area contributed by atoms with Crippen LogP contribution < -0.4 is 5.56 Å². The summed E-state index contributed by atoms with van der Waals surface area (Å²) in [6.45, 7) is 6.26. The molecule has 0 saturated carbocycles. The third-order valence-corrected chi connectivity index (χ3v) is 6.28. The molecule has 1 saturated heterocycles. The number of aliphatic hydroxyl groups excluding tert-OH is 1. The van der Waals surface area contributed by atoms with E-state index in [1.54, 1.807) is 10.6 Å². The highest BCUT2D eigenvalue weighted by atomic mass is 16.3. The van der Waals surface area contributed by atoms with E-state index in [1.807, 2.05) is 67.6 Å². The van der Waals surface area contributed by atoms with Crippen LogP contribution in [0.5, 0.6) is 5.75 Å². The lowest BCUT2D eigenvalue weighted by atomic mass is 9.96. The minimum atomic E-state index is -0.331. The Morgan fingerprint density at radius 1 is 0.938 bits per heavy atom. The number of hydrogen-bond acceptors (Lipinski definition) is 5. The molecule has 1 aliphatic rings. The van der Waals surface area contributed by atoms with Crippen LogP contribution in [0.1, 0.15) is 28.4 Å². The number of aliphatic hydroxyl groups is 1. The van der Waals surface area contributed by atoms with Crippen LogP contribution in [0, 0.1) is 6.92 Å². The molecular formula is C26H31N3O3. The number of β-amino-alcohol motifs (C(OH)–C–C–N with tert-alkyl or cyclic N) is 1. The van der Waals surface area contributed by atoms with Crippen LogP contribution in [-0.4, -0.2) is 63.9 Å². The first-order chi connectivity index (χ1) is 15.6. The van der Waals surface area contributed by atoms with Crippen molar-refractivity contribution in [3.63, 3.8) is 0 Å². The summed E-state index contributed by atoms with van der Waals surface area (Å²) < 4.78 is 1.75. The van der Waals surface area contributed by atoms with Gasteiger partial charge in [-0.2, -0.15) is 0 Å². The zero-order valence-corrected chi connectivity index (χ0v) is 18.5. The minimum absolute atomic E-state index is 0.0449. The van der Waals surface area contributed by atoms with E-state index in [-0.39, 0.29) is 24.0 Å². The molecule has 32 heavy (non-hydrogen) atoms. The lowest BCUT2D eigenvalue weighted by molar-refractivity contribution is 0.0932. The maximum Gasteiger partial charge on any atom is 0.259 e. The monoisotopic (exact) mass is 433 g/mol. The second-order valence-electron chi connectivity index (χ2n) is 8.38. The quantitative estimate of drug-likeness (QED) is 0.600. The molecule has 2 aromatic carbocycles. The van der Waals surface area contributed by atoms with Gasteiger partial charge in [0.15, 0.2) is 0 Å². The zero-order chi connectivity index (χ0) is 22.5. The van der Waals surface area contributed by atoms with Gasteiger partial charge >= 0.3 is 0 Å². The molecule has 6 heteroatoms. The van der Waals surface area contributed by atoms with Crippen molar-refractivity contribution in [1.82, 2.24) is 14.4 Å². The Kier molecular flexibility index (Phi) is 7.05. The third kappa shape index (κ3) is 4.78. The third-order valence-electron chi connectivity index (χ3n) is 6.28. The van der Waals surface area contributed by atoms with E-state index in [2.05, 4.69) is 9.80 Å². The van der Waals surface area contributed by atoms with Crippen molar-refractivity contribution in [3.05, 3.63) is 99.5 Å². The number of aromatic nitrogens is 1. The number of pyridine rings is 1. The molecule has 0 bridgehead atoms. The summed E-state index contributed by atoms with van der Waals surface area (Å²) in [6.07, 6.45) is 0. The Hall–Kier alpha value is -2.93. The molecule has 0 spiro atoms. The molecule has 1 aliphatic heterocycles. The normalized spacial score (nSPS) is 16.2. The van der Waals surface area contributed by atoms with Gasteiger partial charge in [-0.05, 0) is 24.1 Å². The topological polar surface area (TPSA) is 68.9 Å². The number of benzene rings is 2. The van der Waals surface area contributed by atoms with E-state index < -0.39 is 0 Å². The van der Waals surface area contributed by atoms with Gasteiger partial charge in [0.1, 0.15) is 5.75 Å². The van der Waals surface area contributed by atoms with Gasteiger partial charge in [0, 0.05) is 38.4 Å². The number of aromatic hydroxyl groups is 1. The van der Waals surface area contributed by atoms with Crippen LogP contribution in [0.4, 0.5) is 0 Å². The fourth-order valence-electron chi connectivity index (χ4n) is 4.57. The highest BCUT2D eigenvalue weighted by molar-refractivity contribution is 5.41. The highest BCUT2D eigenvalue weighted by Gasteiger charge is 2.31. The Bertz CT molecular complexity index is 1070. The minimum Gasteiger partial charge on any atom is -0.507 e. The van der Waals surface area contributed by atoms with Gasteiger partial charge in [0.05, 0.1) is 24.8 Å².